The lowest BCUT2D eigenvalue weighted by atomic mass is 10.0. The summed E-state index contributed by atoms with van der Waals surface area (Å²) < 4.78 is 11.5. The number of carbonyl (C=O) groups excluding carboxylic acids is 2. The van der Waals surface area contributed by atoms with Gasteiger partial charge in [0.05, 0.1) is 6.61 Å². The van der Waals surface area contributed by atoms with Crippen molar-refractivity contribution in [1.82, 2.24) is 15.1 Å². The van der Waals surface area contributed by atoms with Crippen LogP contribution in [0.2, 0.25) is 0 Å². The van der Waals surface area contributed by atoms with Crippen molar-refractivity contribution in [2.75, 3.05) is 46.9 Å². The molecular weight excluding hydrogens is 747 g/mol. The lowest BCUT2D eigenvalue weighted by molar-refractivity contribution is -0.150. The number of esters is 2. The minimum Gasteiger partial charge on any atom is -0.466 e. The molecule has 0 heterocycles. The molecule has 0 aromatic carbocycles. The summed E-state index contributed by atoms with van der Waals surface area (Å²) in [6.07, 6.45) is 42.4. The molecule has 9 heteroatoms. The number of ether oxygens (including phenoxy) is 2. The number of nitrogens with zero attached hydrogens (tertiary/aromatic N) is 4. The van der Waals surface area contributed by atoms with Gasteiger partial charge in [-0.1, -0.05) is 169 Å². The van der Waals surface area contributed by atoms with Crippen LogP contribution in [0.1, 0.15) is 253 Å². The first-order chi connectivity index (χ1) is 28.9. The second-order valence-electron chi connectivity index (χ2n) is 17.5. The molecule has 0 radical (unpaired) electrons. The molecule has 354 valence electrons. The van der Waals surface area contributed by atoms with Crippen molar-refractivity contribution in [3.63, 3.8) is 0 Å². The summed E-state index contributed by atoms with van der Waals surface area (Å²) in [5.41, 5.74) is 0. The molecule has 0 saturated carbocycles. The topological polar surface area (TPSA) is 107 Å². The largest absolute Gasteiger partial charge is 0.466 e. The Bertz CT molecular complexity index is 985. The van der Waals surface area contributed by atoms with E-state index in [0.717, 1.165) is 96.7 Å². The highest BCUT2D eigenvalue weighted by molar-refractivity contribution is 5.80. The standard InChI is InChI=1S/C50H97N5O4.CH4/c1-6-9-12-15-18-27-36-45-58-48(56)39-30-23-19-25-33-42-55(44-35-32-41-52-50(53-46-51)54(4)5)43-34-26-20-24-31-40-49(57)59-47(37-28-21-16-13-10-7-2)38-29-22-17-14-11-8-3;/h47H,6-45H2,1-5H3,(H,52,53);1H4. The van der Waals surface area contributed by atoms with Gasteiger partial charge >= 0.3 is 11.9 Å². The van der Waals surface area contributed by atoms with E-state index < -0.39 is 0 Å². The number of hydrogen-bond acceptors (Lipinski definition) is 7. The third-order valence-corrected chi connectivity index (χ3v) is 11.5. The molecule has 0 saturated heterocycles. The summed E-state index contributed by atoms with van der Waals surface area (Å²) in [7, 11) is 3.79. The molecule has 0 aliphatic rings. The first-order valence-electron chi connectivity index (χ1n) is 25.3. The quantitative estimate of drug-likeness (QED) is 0.0161. The second-order valence-corrected chi connectivity index (χ2v) is 17.5. The van der Waals surface area contributed by atoms with Crippen LogP contribution in [0.15, 0.2) is 4.99 Å². The van der Waals surface area contributed by atoms with Gasteiger partial charge in [0.25, 0.3) is 0 Å². The van der Waals surface area contributed by atoms with Crippen LogP contribution in [0.4, 0.5) is 0 Å². The van der Waals surface area contributed by atoms with Gasteiger partial charge in [-0.05, 0) is 90.3 Å². The molecule has 0 fully saturated rings. The maximum absolute atomic E-state index is 12.9. The number of unbranched alkanes of at least 4 members (excludes halogenated alkanes) is 25. The number of carbonyl (C=O) groups is 2. The number of guanidine groups is 1. The minimum atomic E-state index is -0.0289. The van der Waals surface area contributed by atoms with Crippen LogP contribution in [0.25, 0.3) is 0 Å². The fourth-order valence-corrected chi connectivity index (χ4v) is 7.71. The normalized spacial score (nSPS) is 11.5. The average Bonchev–Trinajstić information content (AvgIpc) is 3.22. The van der Waals surface area contributed by atoms with E-state index in [0.29, 0.717) is 32.0 Å². The van der Waals surface area contributed by atoms with Crippen molar-refractivity contribution in [1.29, 1.82) is 5.26 Å². The van der Waals surface area contributed by atoms with Gasteiger partial charge in [0.2, 0.25) is 5.96 Å². The molecule has 60 heavy (non-hydrogen) atoms. The summed E-state index contributed by atoms with van der Waals surface area (Å²) in [5, 5.41) is 11.7. The molecule has 0 bridgehead atoms. The lowest BCUT2D eigenvalue weighted by Crippen LogP contribution is -2.33. The van der Waals surface area contributed by atoms with Crippen molar-refractivity contribution >= 4 is 17.9 Å². The maximum Gasteiger partial charge on any atom is 0.306 e. The second kappa shape index (κ2) is 47.7. The first-order valence-corrected chi connectivity index (χ1v) is 25.3. The fraction of sp³-hybridized carbons (Fsp3) is 0.922. The van der Waals surface area contributed by atoms with E-state index in [1.807, 2.05) is 25.2 Å². The molecule has 0 aromatic heterocycles. The summed E-state index contributed by atoms with van der Waals surface area (Å²) in [6.45, 7) is 11.3. The predicted molar refractivity (Wildman–Crippen MR) is 257 cm³/mol. The third kappa shape index (κ3) is 42.4. The van der Waals surface area contributed by atoms with Crippen molar-refractivity contribution < 1.29 is 19.1 Å². The highest BCUT2D eigenvalue weighted by atomic mass is 16.5. The Hall–Kier alpha value is -2.34. The van der Waals surface area contributed by atoms with Gasteiger partial charge in [0.1, 0.15) is 6.10 Å². The van der Waals surface area contributed by atoms with E-state index in [1.54, 1.807) is 0 Å². The fourth-order valence-electron chi connectivity index (χ4n) is 7.71. The van der Waals surface area contributed by atoms with E-state index >= 15 is 0 Å². The zero-order chi connectivity index (χ0) is 43.3. The van der Waals surface area contributed by atoms with Crippen LogP contribution < -0.4 is 5.32 Å². The Morgan fingerprint density at radius 1 is 0.550 bits per heavy atom. The van der Waals surface area contributed by atoms with Crippen LogP contribution in [0.5, 0.6) is 0 Å². The smallest absolute Gasteiger partial charge is 0.306 e. The van der Waals surface area contributed by atoms with Crippen molar-refractivity contribution in [2.24, 2.45) is 4.99 Å². The predicted octanol–water partition coefficient (Wildman–Crippen LogP) is 14.1. The van der Waals surface area contributed by atoms with Crippen LogP contribution >= 0.6 is 0 Å². The molecule has 0 amide bonds. The van der Waals surface area contributed by atoms with Crippen LogP contribution in [0, 0.1) is 11.5 Å². The third-order valence-electron chi connectivity index (χ3n) is 11.5. The van der Waals surface area contributed by atoms with E-state index in [1.165, 1.54) is 135 Å². The number of rotatable bonds is 44. The molecule has 0 aromatic rings. The number of nitriles is 1. The summed E-state index contributed by atoms with van der Waals surface area (Å²) in [6, 6.07) is 0. The van der Waals surface area contributed by atoms with Crippen molar-refractivity contribution in [3.05, 3.63) is 0 Å². The highest BCUT2D eigenvalue weighted by Crippen LogP contribution is 2.19. The van der Waals surface area contributed by atoms with Gasteiger partial charge in [-0.2, -0.15) is 5.26 Å². The average molecular weight is 848 g/mol. The molecule has 1 N–H and O–H groups in total. The molecule has 0 aliphatic heterocycles. The van der Waals surface area contributed by atoms with Gasteiger partial charge in [0, 0.05) is 33.5 Å². The number of aliphatic imine (C=N–C) groups is 1. The SMILES string of the molecule is C.CCCCCCCCCOC(=O)CCCCCCCN(CCCCCCCC(=O)OC(CCCCCCCC)CCCCCCCC)CCCCN=C(NC#N)N(C)C. The van der Waals surface area contributed by atoms with Gasteiger partial charge in [-0.25, -0.2) is 0 Å². The Morgan fingerprint density at radius 3 is 1.42 bits per heavy atom. The van der Waals surface area contributed by atoms with E-state index in [4.69, 9.17) is 14.7 Å². The van der Waals surface area contributed by atoms with Gasteiger partial charge < -0.3 is 19.3 Å². The van der Waals surface area contributed by atoms with Crippen LogP contribution in [-0.4, -0.2) is 80.7 Å². The zero-order valence-corrected chi connectivity index (χ0v) is 39.8. The molecule has 9 nitrogen and oxygen atoms in total. The van der Waals surface area contributed by atoms with E-state index in [-0.39, 0.29) is 25.5 Å². The van der Waals surface area contributed by atoms with Crippen LogP contribution in [0.3, 0.4) is 0 Å². The summed E-state index contributed by atoms with van der Waals surface area (Å²) in [4.78, 5) is 34.0. The monoisotopic (exact) mass is 848 g/mol. The Balaban J connectivity index is 0. The number of hydrogen-bond donors (Lipinski definition) is 1. The van der Waals surface area contributed by atoms with Gasteiger partial charge in [-0.3, -0.25) is 19.9 Å². The Labute approximate surface area is 373 Å². The molecule has 0 rings (SSSR count). The first kappa shape index (κ1) is 59.8. The summed E-state index contributed by atoms with van der Waals surface area (Å²) in [5.74, 6) is 0.598. The Kier molecular flexibility index (Phi) is 47.5. The Morgan fingerprint density at radius 2 is 0.950 bits per heavy atom. The van der Waals surface area contributed by atoms with Crippen molar-refractivity contribution in [3.8, 4) is 6.19 Å². The van der Waals surface area contributed by atoms with Gasteiger partial charge in [0.15, 0.2) is 6.19 Å². The minimum absolute atomic E-state index is 0. The molecular formula is C51H101N5O4. The highest BCUT2D eigenvalue weighted by Gasteiger charge is 2.14. The molecule has 0 atom stereocenters. The lowest BCUT2D eigenvalue weighted by Gasteiger charge is -2.22. The molecule has 0 aliphatic carbocycles. The van der Waals surface area contributed by atoms with E-state index in [9.17, 15) is 9.59 Å². The number of nitrogens with one attached hydrogen (secondary N) is 1. The van der Waals surface area contributed by atoms with Crippen molar-refractivity contribution in [2.45, 2.75) is 259 Å². The summed E-state index contributed by atoms with van der Waals surface area (Å²) >= 11 is 0. The van der Waals surface area contributed by atoms with Crippen LogP contribution in [-0.2, 0) is 19.1 Å². The molecule has 0 unspecified atom stereocenters. The van der Waals surface area contributed by atoms with Gasteiger partial charge in [-0.15, -0.1) is 0 Å². The molecule has 0 spiro atoms. The van der Waals surface area contributed by atoms with E-state index in [2.05, 4.69) is 36.0 Å². The maximum atomic E-state index is 12.9. The zero-order valence-electron chi connectivity index (χ0n) is 39.8.